The number of amides is 1. The maximum Gasteiger partial charge on any atom is 0.412 e. The summed E-state index contributed by atoms with van der Waals surface area (Å²) >= 11 is 0. The van der Waals surface area contributed by atoms with E-state index in [1.165, 1.54) is 33.5 Å². The van der Waals surface area contributed by atoms with E-state index in [1.807, 2.05) is 18.2 Å². The van der Waals surface area contributed by atoms with Crippen molar-refractivity contribution in [1.29, 1.82) is 0 Å². The van der Waals surface area contributed by atoms with Gasteiger partial charge in [0.15, 0.2) is 0 Å². The highest BCUT2D eigenvalue weighted by molar-refractivity contribution is 5.71. The molecule has 0 fully saturated rings. The molecule has 1 aliphatic heterocycles. The summed E-state index contributed by atoms with van der Waals surface area (Å²) in [7, 11) is 0. The van der Waals surface area contributed by atoms with Gasteiger partial charge in [0, 0.05) is 25.3 Å². The molecule has 1 aliphatic rings. The highest BCUT2D eigenvalue weighted by atomic mass is 16.6. The predicted octanol–water partition coefficient (Wildman–Crippen LogP) is 5.20. The van der Waals surface area contributed by atoms with E-state index in [-0.39, 0.29) is 0 Å². The van der Waals surface area contributed by atoms with Gasteiger partial charge in [0.05, 0.1) is 0 Å². The molecule has 1 heterocycles. The van der Waals surface area contributed by atoms with Crippen molar-refractivity contribution in [3.8, 4) is 5.75 Å². The first kappa shape index (κ1) is 20.0. The van der Waals surface area contributed by atoms with Gasteiger partial charge in [-0.3, -0.25) is 0 Å². The summed E-state index contributed by atoms with van der Waals surface area (Å²) in [4.78, 5) is 14.6. The Morgan fingerprint density at radius 2 is 1.87 bits per heavy atom. The molecule has 0 aromatic heterocycles. The van der Waals surface area contributed by atoms with Crippen molar-refractivity contribution >= 4 is 11.8 Å². The second-order valence-electron chi connectivity index (χ2n) is 7.94. The van der Waals surface area contributed by atoms with Crippen molar-refractivity contribution in [2.24, 2.45) is 0 Å². The van der Waals surface area contributed by atoms with Crippen LogP contribution in [0.3, 0.4) is 0 Å². The van der Waals surface area contributed by atoms with Crippen LogP contribution in [0.15, 0.2) is 66.7 Å². The van der Waals surface area contributed by atoms with E-state index >= 15 is 0 Å². The van der Waals surface area contributed by atoms with Gasteiger partial charge in [-0.1, -0.05) is 54.1 Å². The van der Waals surface area contributed by atoms with Crippen LogP contribution >= 0.6 is 0 Å². The minimum Gasteiger partial charge on any atom is -0.410 e. The third kappa shape index (κ3) is 4.82. The lowest BCUT2D eigenvalue weighted by atomic mass is 10.0. The Hall–Kier alpha value is -3.27. The lowest BCUT2D eigenvalue weighted by molar-refractivity contribution is 0.200. The van der Waals surface area contributed by atoms with Crippen LogP contribution in [0.5, 0.6) is 5.75 Å². The zero-order valence-electron chi connectivity index (χ0n) is 17.7. The molecule has 0 saturated carbocycles. The summed E-state index contributed by atoms with van der Waals surface area (Å²) in [6.07, 6.45) is 1.35. The Kier molecular flexibility index (Phi) is 6.03. The van der Waals surface area contributed by atoms with Crippen LogP contribution in [0.2, 0.25) is 0 Å². The summed E-state index contributed by atoms with van der Waals surface area (Å²) in [6, 6.07) is 22.8. The standard InChI is InChI=1S/C26H28N2O2/c1-19-8-9-22(20(2)16-19)12-14-27-26(29)30-24-10-11-25-23(17-24)13-15-28(25)18-21-6-4-3-5-7-21/h3-11,16-17H,12-15,18H2,1-2H3,(H,27,29). The van der Waals surface area contributed by atoms with Crippen LogP contribution in [0.25, 0.3) is 0 Å². The van der Waals surface area contributed by atoms with Crippen LogP contribution in [0.4, 0.5) is 10.5 Å². The van der Waals surface area contributed by atoms with Gasteiger partial charge in [0.1, 0.15) is 5.75 Å². The van der Waals surface area contributed by atoms with E-state index in [9.17, 15) is 4.79 Å². The van der Waals surface area contributed by atoms with Crippen LogP contribution in [-0.4, -0.2) is 19.2 Å². The number of fused-ring (bicyclic) bond motifs is 1. The quantitative estimate of drug-likeness (QED) is 0.619. The van der Waals surface area contributed by atoms with Crippen molar-refractivity contribution < 1.29 is 9.53 Å². The van der Waals surface area contributed by atoms with Crippen LogP contribution in [-0.2, 0) is 19.4 Å². The molecule has 4 rings (SSSR count). The third-order valence-electron chi connectivity index (χ3n) is 5.63. The molecule has 0 unspecified atom stereocenters. The fourth-order valence-electron chi connectivity index (χ4n) is 4.05. The van der Waals surface area contributed by atoms with Gasteiger partial charge >= 0.3 is 6.09 Å². The molecular weight excluding hydrogens is 372 g/mol. The minimum absolute atomic E-state index is 0.404. The highest BCUT2D eigenvalue weighted by Gasteiger charge is 2.20. The van der Waals surface area contributed by atoms with E-state index < -0.39 is 6.09 Å². The Balaban J connectivity index is 1.30. The fourth-order valence-corrected chi connectivity index (χ4v) is 4.05. The number of hydrogen-bond donors (Lipinski definition) is 1. The predicted molar refractivity (Wildman–Crippen MR) is 121 cm³/mol. The number of carbonyl (C=O) groups is 1. The topological polar surface area (TPSA) is 41.6 Å². The molecule has 1 amide bonds. The van der Waals surface area contributed by atoms with E-state index in [0.717, 1.165) is 25.9 Å². The van der Waals surface area contributed by atoms with Gasteiger partial charge in [0.2, 0.25) is 0 Å². The molecule has 0 aliphatic carbocycles. The number of hydrogen-bond acceptors (Lipinski definition) is 3. The molecule has 0 bridgehead atoms. The van der Waals surface area contributed by atoms with E-state index in [1.54, 1.807) is 0 Å². The molecule has 0 atom stereocenters. The molecule has 0 radical (unpaired) electrons. The Morgan fingerprint density at radius 1 is 1.03 bits per heavy atom. The summed E-state index contributed by atoms with van der Waals surface area (Å²) in [5, 5.41) is 2.86. The van der Waals surface area contributed by atoms with Gasteiger partial charge in [0.25, 0.3) is 0 Å². The van der Waals surface area contributed by atoms with Crippen molar-refractivity contribution in [3.05, 3.63) is 94.5 Å². The van der Waals surface area contributed by atoms with Crippen molar-refractivity contribution in [3.63, 3.8) is 0 Å². The first-order valence-corrected chi connectivity index (χ1v) is 10.5. The number of ether oxygens (including phenoxy) is 1. The molecule has 30 heavy (non-hydrogen) atoms. The molecule has 1 N–H and O–H groups in total. The first-order chi connectivity index (χ1) is 14.6. The fraction of sp³-hybridized carbons (Fsp3) is 0.269. The minimum atomic E-state index is -0.404. The number of nitrogens with zero attached hydrogens (tertiary/aromatic N) is 1. The molecule has 4 nitrogen and oxygen atoms in total. The van der Waals surface area contributed by atoms with Gasteiger partial charge in [-0.25, -0.2) is 4.79 Å². The summed E-state index contributed by atoms with van der Waals surface area (Å²) in [6.45, 7) is 6.62. The summed E-state index contributed by atoms with van der Waals surface area (Å²) in [5.74, 6) is 0.597. The monoisotopic (exact) mass is 400 g/mol. The lowest BCUT2D eigenvalue weighted by Crippen LogP contribution is -2.28. The molecule has 4 heteroatoms. The summed E-state index contributed by atoms with van der Waals surface area (Å²) in [5.41, 5.74) is 7.50. The average Bonchev–Trinajstić information content (AvgIpc) is 3.12. The lowest BCUT2D eigenvalue weighted by Gasteiger charge is -2.19. The molecule has 0 saturated heterocycles. The van der Waals surface area contributed by atoms with Gasteiger partial charge in [-0.05, 0) is 67.1 Å². The van der Waals surface area contributed by atoms with Crippen molar-refractivity contribution in [2.45, 2.75) is 33.2 Å². The molecule has 3 aromatic carbocycles. The largest absolute Gasteiger partial charge is 0.412 e. The number of nitrogens with one attached hydrogen (secondary N) is 1. The van der Waals surface area contributed by atoms with Crippen LogP contribution in [0, 0.1) is 13.8 Å². The Morgan fingerprint density at radius 3 is 2.67 bits per heavy atom. The number of anilines is 1. The molecule has 0 spiro atoms. The van der Waals surface area contributed by atoms with Crippen LogP contribution in [0.1, 0.15) is 27.8 Å². The number of benzene rings is 3. The smallest absolute Gasteiger partial charge is 0.410 e. The maximum atomic E-state index is 12.2. The first-order valence-electron chi connectivity index (χ1n) is 10.5. The zero-order chi connectivity index (χ0) is 20.9. The Labute approximate surface area is 178 Å². The van der Waals surface area contributed by atoms with E-state index in [4.69, 9.17) is 4.74 Å². The van der Waals surface area contributed by atoms with Gasteiger partial charge in [-0.15, -0.1) is 0 Å². The zero-order valence-corrected chi connectivity index (χ0v) is 17.7. The molecule has 3 aromatic rings. The van der Waals surface area contributed by atoms with Gasteiger partial charge in [-0.2, -0.15) is 0 Å². The van der Waals surface area contributed by atoms with E-state index in [0.29, 0.717) is 12.3 Å². The molecule has 154 valence electrons. The van der Waals surface area contributed by atoms with Gasteiger partial charge < -0.3 is 15.0 Å². The number of rotatable bonds is 6. The maximum absolute atomic E-state index is 12.2. The van der Waals surface area contributed by atoms with Crippen LogP contribution < -0.4 is 15.0 Å². The third-order valence-corrected chi connectivity index (χ3v) is 5.63. The second kappa shape index (κ2) is 9.04. The SMILES string of the molecule is Cc1ccc(CCNC(=O)Oc2ccc3c(c2)CCN3Cc2ccccc2)c(C)c1. The number of carbonyl (C=O) groups excluding carboxylic acids is 1. The van der Waals surface area contributed by atoms with Crippen molar-refractivity contribution in [2.75, 3.05) is 18.0 Å². The van der Waals surface area contributed by atoms with Crippen molar-refractivity contribution in [1.82, 2.24) is 5.32 Å². The Bertz CT molecular complexity index is 1030. The van der Waals surface area contributed by atoms with E-state index in [2.05, 4.69) is 72.6 Å². The molecular formula is C26H28N2O2. The normalized spacial score (nSPS) is 12.5. The number of aryl methyl sites for hydroxylation is 2. The highest BCUT2D eigenvalue weighted by Crippen LogP contribution is 2.32. The average molecular weight is 401 g/mol. The summed E-state index contributed by atoms with van der Waals surface area (Å²) < 4.78 is 5.51. The second-order valence-corrected chi connectivity index (χ2v) is 7.94.